The molecule has 0 radical (unpaired) electrons. The van der Waals surface area contributed by atoms with Crippen LogP contribution in [0.4, 0.5) is 13.2 Å². The number of hydrogen-bond donors (Lipinski definition) is 1. The number of carbonyl (C=O) groups excluding carboxylic acids is 1. The zero-order chi connectivity index (χ0) is 27.4. The summed E-state index contributed by atoms with van der Waals surface area (Å²) in [4.78, 5) is 12.4. The molecule has 2 N–H and O–H groups in total. The quantitative estimate of drug-likeness (QED) is 0.288. The molecule has 200 valence electrons. The number of rotatable bonds is 11. The van der Waals surface area contributed by atoms with Crippen LogP contribution < -0.4 is 19.9 Å². The molecule has 1 unspecified atom stereocenters. The molecule has 2 aromatic carbocycles. The summed E-state index contributed by atoms with van der Waals surface area (Å²) < 4.78 is 65.5. The van der Waals surface area contributed by atoms with E-state index < -0.39 is 37.6 Å². The molecule has 0 aromatic heterocycles. The third kappa shape index (κ3) is 6.15. The van der Waals surface area contributed by atoms with Gasteiger partial charge in [-0.2, -0.15) is 0 Å². The van der Waals surface area contributed by atoms with Crippen molar-refractivity contribution in [1.29, 1.82) is 0 Å². The van der Waals surface area contributed by atoms with E-state index in [1.165, 1.54) is 33.5 Å². The standard InChI is InChI=1S/C26H36F3NO5Si/c1-26(2,3)36(7,8)35-12-11-15(16-9-10-19(27)22(29)21(16)28)13-17-18(25(30)31)14-20(32-4)24(34-6)23(17)33-5/h9-10,14-15H,11-13H2,1-8H3,(H2,30,31). The molecule has 1 atom stereocenters. The van der Waals surface area contributed by atoms with E-state index in [0.717, 1.165) is 6.07 Å². The van der Waals surface area contributed by atoms with E-state index in [1.807, 2.05) is 0 Å². The van der Waals surface area contributed by atoms with E-state index in [-0.39, 0.29) is 52.9 Å². The topological polar surface area (TPSA) is 80.0 Å². The van der Waals surface area contributed by atoms with Gasteiger partial charge in [0.15, 0.2) is 37.3 Å². The van der Waals surface area contributed by atoms with Gasteiger partial charge in [-0.05, 0) is 54.6 Å². The van der Waals surface area contributed by atoms with Crippen LogP contribution in [0.5, 0.6) is 17.2 Å². The molecule has 0 aliphatic carbocycles. The van der Waals surface area contributed by atoms with Crippen LogP contribution in [0.15, 0.2) is 18.2 Å². The molecule has 0 bridgehead atoms. The molecule has 6 nitrogen and oxygen atoms in total. The van der Waals surface area contributed by atoms with Gasteiger partial charge >= 0.3 is 0 Å². The highest BCUT2D eigenvalue weighted by atomic mass is 28.4. The molecule has 0 saturated carbocycles. The third-order valence-electron chi connectivity index (χ3n) is 6.89. The fraction of sp³-hybridized carbons (Fsp3) is 0.500. The normalized spacial score (nSPS) is 12.9. The SMILES string of the molecule is COc1cc(C(N)=O)c(CC(CCO[Si](C)(C)C(C)(C)C)c2ccc(F)c(F)c2F)c(OC)c1OC. The molecular weight excluding hydrogens is 491 g/mol. The Morgan fingerprint density at radius 3 is 2.11 bits per heavy atom. The first-order chi connectivity index (χ1) is 16.7. The van der Waals surface area contributed by atoms with Crippen molar-refractivity contribution < 1.29 is 36.6 Å². The molecule has 2 rings (SSSR count). The van der Waals surface area contributed by atoms with Gasteiger partial charge in [0.1, 0.15) is 0 Å². The summed E-state index contributed by atoms with van der Waals surface area (Å²) in [6.45, 7) is 10.7. The van der Waals surface area contributed by atoms with Crippen LogP contribution in [0.2, 0.25) is 18.1 Å². The van der Waals surface area contributed by atoms with Gasteiger partial charge in [0.05, 0.1) is 21.3 Å². The summed E-state index contributed by atoms with van der Waals surface area (Å²) >= 11 is 0. The highest BCUT2D eigenvalue weighted by Gasteiger charge is 2.37. The summed E-state index contributed by atoms with van der Waals surface area (Å²) in [6.07, 6.45) is 0.287. The van der Waals surface area contributed by atoms with Gasteiger partial charge in [-0.1, -0.05) is 26.8 Å². The molecule has 0 aliphatic rings. The largest absolute Gasteiger partial charge is 0.493 e. The van der Waals surface area contributed by atoms with E-state index in [9.17, 15) is 18.0 Å². The van der Waals surface area contributed by atoms with Crippen molar-refractivity contribution in [1.82, 2.24) is 0 Å². The predicted octanol–water partition coefficient (Wildman–Crippen LogP) is 5.97. The minimum Gasteiger partial charge on any atom is -0.493 e. The fourth-order valence-corrected chi connectivity index (χ4v) is 4.84. The van der Waals surface area contributed by atoms with Crippen molar-refractivity contribution >= 4 is 14.2 Å². The minimum atomic E-state index is -2.14. The number of primary amides is 1. The number of carbonyl (C=O) groups is 1. The summed E-state index contributed by atoms with van der Waals surface area (Å²) in [5, 5.41) is -0.0541. The zero-order valence-electron chi connectivity index (χ0n) is 22.2. The first-order valence-corrected chi connectivity index (χ1v) is 14.5. The van der Waals surface area contributed by atoms with Gasteiger partial charge in [-0.15, -0.1) is 0 Å². The lowest BCUT2D eigenvalue weighted by Crippen LogP contribution is -2.41. The smallest absolute Gasteiger partial charge is 0.249 e. The lowest BCUT2D eigenvalue weighted by Gasteiger charge is -2.36. The molecule has 36 heavy (non-hydrogen) atoms. The van der Waals surface area contributed by atoms with Crippen LogP contribution in [0, 0.1) is 17.5 Å². The Labute approximate surface area is 212 Å². The molecule has 0 spiro atoms. The Hall–Kier alpha value is -2.72. The molecular formula is C26H36F3NO5Si. The fourth-order valence-electron chi connectivity index (χ4n) is 3.78. The Bertz CT molecular complexity index is 1100. The number of ether oxygens (including phenoxy) is 3. The monoisotopic (exact) mass is 527 g/mol. The van der Waals surface area contributed by atoms with Crippen molar-refractivity contribution in [3.63, 3.8) is 0 Å². The van der Waals surface area contributed by atoms with Gasteiger partial charge in [0.25, 0.3) is 0 Å². The van der Waals surface area contributed by atoms with Gasteiger partial charge in [0.2, 0.25) is 11.7 Å². The van der Waals surface area contributed by atoms with Crippen LogP contribution >= 0.6 is 0 Å². The summed E-state index contributed by atoms with van der Waals surface area (Å²) in [7, 11) is 2.07. The second-order valence-corrected chi connectivity index (χ2v) is 14.9. The summed E-state index contributed by atoms with van der Waals surface area (Å²) in [5.41, 5.74) is 6.03. The number of hydrogen-bond acceptors (Lipinski definition) is 5. The average molecular weight is 528 g/mol. The lowest BCUT2D eigenvalue weighted by atomic mass is 9.86. The second-order valence-electron chi connectivity index (χ2n) is 10.1. The van der Waals surface area contributed by atoms with Crippen LogP contribution in [0.1, 0.15) is 54.6 Å². The molecule has 10 heteroatoms. The Morgan fingerprint density at radius 1 is 1.00 bits per heavy atom. The number of halogens is 3. The van der Waals surface area contributed by atoms with E-state index in [1.54, 1.807) is 0 Å². The third-order valence-corrected chi connectivity index (χ3v) is 11.4. The molecule has 0 fully saturated rings. The Morgan fingerprint density at radius 2 is 1.61 bits per heavy atom. The molecule has 1 amide bonds. The molecule has 0 saturated heterocycles. The average Bonchev–Trinajstić information content (AvgIpc) is 2.80. The van der Waals surface area contributed by atoms with Crippen molar-refractivity contribution in [3.8, 4) is 17.2 Å². The van der Waals surface area contributed by atoms with E-state index in [4.69, 9.17) is 24.4 Å². The highest BCUT2D eigenvalue weighted by molar-refractivity contribution is 6.74. The van der Waals surface area contributed by atoms with Crippen LogP contribution in [-0.4, -0.2) is 42.2 Å². The summed E-state index contributed by atoms with van der Waals surface area (Å²) in [6, 6.07) is 3.52. The van der Waals surface area contributed by atoms with Crippen LogP contribution in [0.3, 0.4) is 0 Å². The van der Waals surface area contributed by atoms with Gasteiger partial charge in [0, 0.05) is 17.7 Å². The maximum atomic E-state index is 15.0. The van der Waals surface area contributed by atoms with E-state index in [2.05, 4.69) is 33.9 Å². The van der Waals surface area contributed by atoms with Gasteiger partial charge in [-0.3, -0.25) is 4.79 Å². The first kappa shape index (κ1) is 29.5. The van der Waals surface area contributed by atoms with E-state index in [0.29, 0.717) is 5.56 Å². The Balaban J connectivity index is 2.62. The van der Waals surface area contributed by atoms with Crippen LogP contribution in [0.25, 0.3) is 0 Å². The highest BCUT2D eigenvalue weighted by Crippen LogP contribution is 2.44. The maximum Gasteiger partial charge on any atom is 0.249 e. The maximum absolute atomic E-state index is 15.0. The number of methoxy groups -OCH3 is 3. The van der Waals surface area contributed by atoms with Crippen molar-refractivity contribution in [3.05, 3.63) is 52.3 Å². The molecule has 2 aromatic rings. The summed E-state index contributed by atoms with van der Waals surface area (Å²) in [5.74, 6) is -4.95. The molecule has 0 heterocycles. The van der Waals surface area contributed by atoms with Crippen LogP contribution in [-0.2, 0) is 10.8 Å². The van der Waals surface area contributed by atoms with Crippen molar-refractivity contribution in [2.24, 2.45) is 5.73 Å². The van der Waals surface area contributed by atoms with Gasteiger partial charge in [-0.25, -0.2) is 13.2 Å². The number of nitrogens with two attached hydrogens (primary N) is 1. The van der Waals surface area contributed by atoms with E-state index >= 15 is 0 Å². The van der Waals surface area contributed by atoms with Crippen molar-refractivity contribution in [2.45, 2.75) is 57.7 Å². The van der Waals surface area contributed by atoms with Crippen molar-refractivity contribution in [2.75, 3.05) is 27.9 Å². The number of amides is 1. The lowest BCUT2D eigenvalue weighted by molar-refractivity contribution is 0.0998. The second kappa shape index (κ2) is 11.6. The minimum absolute atomic E-state index is 0.0185. The first-order valence-electron chi connectivity index (χ1n) is 11.6. The zero-order valence-corrected chi connectivity index (χ0v) is 23.2. The molecule has 0 aliphatic heterocycles. The van der Waals surface area contributed by atoms with Gasteiger partial charge < -0.3 is 24.4 Å². The predicted molar refractivity (Wildman–Crippen MR) is 135 cm³/mol. The Kier molecular flexibility index (Phi) is 9.47. The number of benzene rings is 2.